The topological polar surface area (TPSA) is 35.5 Å². The van der Waals surface area contributed by atoms with E-state index in [2.05, 4.69) is 20.4 Å². The lowest BCUT2D eigenvalue weighted by atomic mass is 9.64. The Morgan fingerprint density at radius 1 is 1.38 bits per heavy atom. The number of carbonyl (C=O) groups is 1. The van der Waals surface area contributed by atoms with E-state index in [1.807, 2.05) is 6.08 Å². The summed E-state index contributed by atoms with van der Waals surface area (Å²) in [5, 5.41) is 0. The SMILES string of the molecule is C=CC[C@]1(C)CC(COC2CCCCO2)[C@@H]2C[C@]2(C)C1=O. The van der Waals surface area contributed by atoms with Crippen LogP contribution in [0.4, 0.5) is 0 Å². The maximum atomic E-state index is 12.7. The van der Waals surface area contributed by atoms with Crippen molar-refractivity contribution in [3.8, 4) is 0 Å². The van der Waals surface area contributed by atoms with Gasteiger partial charge in [0.1, 0.15) is 5.78 Å². The Labute approximate surface area is 128 Å². The monoisotopic (exact) mass is 292 g/mol. The lowest BCUT2D eigenvalue weighted by Crippen LogP contribution is -2.42. The Balaban J connectivity index is 1.63. The molecule has 0 aromatic rings. The summed E-state index contributed by atoms with van der Waals surface area (Å²) in [5.41, 5.74) is -0.345. The molecule has 3 rings (SSSR count). The van der Waals surface area contributed by atoms with Gasteiger partial charge in [-0.05, 0) is 50.4 Å². The van der Waals surface area contributed by atoms with Crippen molar-refractivity contribution in [2.75, 3.05) is 13.2 Å². The highest BCUT2D eigenvalue weighted by Gasteiger charge is 2.66. The molecule has 3 nitrogen and oxygen atoms in total. The molecule has 1 saturated heterocycles. The fourth-order valence-corrected chi connectivity index (χ4v) is 4.59. The smallest absolute Gasteiger partial charge is 0.157 e. The van der Waals surface area contributed by atoms with Gasteiger partial charge in [0, 0.05) is 17.4 Å². The third-order valence-electron chi connectivity index (χ3n) is 5.88. The molecule has 2 unspecified atom stereocenters. The zero-order chi connectivity index (χ0) is 15.1. The van der Waals surface area contributed by atoms with E-state index >= 15 is 0 Å². The molecule has 0 aromatic carbocycles. The Hall–Kier alpha value is -0.670. The number of ether oxygens (including phenoxy) is 2. The molecule has 21 heavy (non-hydrogen) atoms. The molecule has 3 aliphatic rings. The molecule has 1 heterocycles. The number of fused-ring (bicyclic) bond motifs is 1. The van der Waals surface area contributed by atoms with Crippen LogP contribution in [0.3, 0.4) is 0 Å². The van der Waals surface area contributed by atoms with Crippen molar-refractivity contribution in [3.63, 3.8) is 0 Å². The first-order chi connectivity index (χ1) is 9.99. The molecule has 0 aromatic heterocycles. The first-order valence-corrected chi connectivity index (χ1v) is 8.39. The molecule has 0 spiro atoms. The second kappa shape index (κ2) is 5.51. The van der Waals surface area contributed by atoms with Crippen LogP contribution in [-0.2, 0) is 14.3 Å². The van der Waals surface area contributed by atoms with Crippen molar-refractivity contribution in [1.82, 2.24) is 0 Å². The highest BCUT2D eigenvalue weighted by Crippen LogP contribution is 2.66. The molecule has 0 radical (unpaired) electrons. The highest BCUT2D eigenvalue weighted by atomic mass is 16.7. The second-order valence-electron chi connectivity index (χ2n) is 7.70. The minimum Gasteiger partial charge on any atom is -0.353 e. The Morgan fingerprint density at radius 2 is 2.19 bits per heavy atom. The van der Waals surface area contributed by atoms with Gasteiger partial charge in [0.2, 0.25) is 0 Å². The van der Waals surface area contributed by atoms with Gasteiger partial charge in [-0.2, -0.15) is 0 Å². The van der Waals surface area contributed by atoms with Crippen LogP contribution in [0.5, 0.6) is 0 Å². The summed E-state index contributed by atoms with van der Waals surface area (Å²) in [6.45, 7) is 9.66. The summed E-state index contributed by atoms with van der Waals surface area (Å²) in [5.74, 6) is 1.46. The van der Waals surface area contributed by atoms with Crippen LogP contribution < -0.4 is 0 Å². The van der Waals surface area contributed by atoms with E-state index < -0.39 is 0 Å². The number of allylic oxidation sites excluding steroid dienone is 1. The minimum absolute atomic E-state index is 0.0213. The number of hydrogen-bond donors (Lipinski definition) is 0. The van der Waals surface area contributed by atoms with E-state index in [9.17, 15) is 4.79 Å². The molecule has 5 atom stereocenters. The van der Waals surface area contributed by atoms with Crippen LogP contribution in [0.2, 0.25) is 0 Å². The van der Waals surface area contributed by atoms with E-state index in [0.29, 0.717) is 17.6 Å². The second-order valence-corrected chi connectivity index (χ2v) is 7.70. The van der Waals surface area contributed by atoms with Gasteiger partial charge < -0.3 is 9.47 Å². The van der Waals surface area contributed by atoms with Crippen molar-refractivity contribution in [2.24, 2.45) is 22.7 Å². The van der Waals surface area contributed by atoms with Crippen LogP contribution in [0, 0.1) is 22.7 Å². The van der Waals surface area contributed by atoms with Gasteiger partial charge in [0.15, 0.2) is 6.29 Å². The lowest BCUT2D eigenvalue weighted by molar-refractivity contribution is -0.174. The lowest BCUT2D eigenvalue weighted by Gasteiger charge is -2.39. The molecular weight excluding hydrogens is 264 g/mol. The average molecular weight is 292 g/mol. The van der Waals surface area contributed by atoms with Crippen molar-refractivity contribution in [1.29, 1.82) is 0 Å². The van der Waals surface area contributed by atoms with Crippen molar-refractivity contribution < 1.29 is 14.3 Å². The zero-order valence-electron chi connectivity index (χ0n) is 13.4. The predicted molar refractivity (Wildman–Crippen MR) is 81.8 cm³/mol. The third kappa shape index (κ3) is 2.70. The van der Waals surface area contributed by atoms with Gasteiger partial charge in [-0.1, -0.05) is 19.9 Å². The largest absolute Gasteiger partial charge is 0.353 e. The first-order valence-electron chi connectivity index (χ1n) is 8.39. The summed E-state index contributed by atoms with van der Waals surface area (Å²) < 4.78 is 11.7. The maximum absolute atomic E-state index is 12.7. The highest BCUT2D eigenvalue weighted by molar-refractivity contribution is 5.93. The number of rotatable bonds is 5. The zero-order valence-corrected chi connectivity index (χ0v) is 13.4. The molecule has 1 aliphatic heterocycles. The fraction of sp³-hybridized carbons (Fsp3) is 0.833. The van der Waals surface area contributed by atoms with E-state index in [4.69, 9.17) is 9.47 Å². The summed E-state index contributed by atoms with van der Waals surface area (Å²) >= 11 is 0. The Kier molecular flexibility index (Phi) is 4.00. The molecule has 2 saturated carbocycles. The van der Waals surface area contributed by atoms with Gasteiger partial charge >= 0.3 is 0 Å². The maximum Gasteiger partial charge on any atom is 0.157 e. The summed E-state index contributed by atoms with van der Waals surface area (Å²) in [6.07, 6.45) is 7.99. The van der Waals surface area contributed by atoms with Gasteiger partial charge in [-0.15, -0.1) is 6.58 Å². The van der Waals surface area contributed by atoms with Crippen LogP contribution >= 0.6 is 0 Å². The van der Waals surface area contributed by atoms with E-state index in [1.54, 1.807) is 0 Å². The molecule has 2 aliphatic carbocycles. The van der Waals surface area contributed by atoms with Gasteiger partial charge in [0.25, 0.3) is 0 Å². The van der Waals surface area contributed by atoms with E-state index in [0.717, 1.165) is 45.3 Å². The normalized spacial score (nSPS) is 46.0. The average Bonchev–Trinajstić information content (AvgIpc) is 3.17. The van der Waals surface area contributed by atoms with Crippen LogP contribution in [0.25, 0.3) is 0 Å². The standard InChI is InChI=1S/C18H28O3/c1-4-8-17(2)10-13(14-11-18(14,3)16(17)19)12-21-15-7-5-6-9-20-15/h4,13-15H,1,5-12H2,2-3H3/t13?,14-,15?,17+,18-/m0/s1. The van der Waals surface area contributed by atoms with Crippen LogP contribution in [-0.4, -0.2) is 25.3 Å². The van der Waals surface area contributed by atoms with Crippen LogP contribution in [0.1, 0.15) is 52.4 Å². The molecule has 0 bridgehead atoms. The fourth-order valence-electron chi connectivity index (χ4n) is 4.59. The third-order valence-corrected chi connectivity index (χ3v) is 5.88. The molecule has 0 amide bonds. The van der Waals surface area contributed by atoms with Gasteiger partial charge in [0.05, 0.1) is 6.61 Å². The number of Topliss-reactive ketones (excluding diaryl/α,β-unsaturated/α-hetero) is 1. The molecule has 3 fully saturated rings. The predicted octanol–water partition coefficient (Wildman–Crippen LogP) is 3.73. The number of ketones is 1. The van der Waals surface area contributed by atoms with Crippen molar-refractivity contribution >= 4 is 5.78 Å². The van der Waals surface area contributed by atoms with Crippen molar-refractivity contribution in [3.05, 3.63) is 12.7 Å². The van der Waals surface area contributed by atoms with Crippen LogP contribution in [0.15, 0.2) is 12.7 Å². The first kappa shape index (κ1) is 15.2. The van der Waals surface area contributed by atoms with E-state index in [-0.39, 0.29) is 17.1 Å². The summed E-state index contributed by atoms with van der Waals surface area (Å²) in [4.78, 5) is 12.7. The Bertz CT molecular complexity index is 426. The quantitative estimate of drug-likeness (QED) is 0.724. The van der Waals surface area contributed by atoms with Crippen molar-refractivity contribution in [2.45, 2.75) is 58.7 Å². The number of carbonyl (C=O) groups excluding carboxylic acids is 1. The van der Waals surface area contributed by atoms with E-state index in [1.165, 1.54) is 6.42 Å². The number of hydrogen-bond acceptors (Lipinski definition) is 3. The minimum atomic E-state index is -0.245. The molecule has 118 valence electrons. The molecular formula is C18H28O3. The van der Waals surface area contributed by atoms with Gasteiger partial charge in [-0.25, -0.2) is 0 Å². The molecule has 3 heteroatoms. The van der Waals surface area contributed by atoms with Gasteiger partial charge in [-0.3, -0.25) is 4.79 Å². The Morgan fingerprint density at radius 3 is 2.86 bits per heavy atom. The summed E-state index contributed by atoms with van der Waals surface area (Å²) in [6, 6.07) is 0. The summed E-state index contributed by atoms with van der Waals surface area (Å²) in [7, 11) is 0. The molecule has 0 N–H and O–H groups in total.